The van der Waals surface area contributed by atoms with Gasteiger partial charge in [0.2, 0.25) is 0 Å². The largest absolute Gasteiger partial charge is 0.586 e. The quantitative estimate of drug-likeness (QED) is 0.623. The van der Waals surface area contributed by atoms with Gasteiger partial charge >= 0.3 is 12.3 Å². The van der Waals surface area contributed by atoms with Crippen LogP contribution in [0.2, 0.25) is 0 Å². The van der Waals surface area contributed by atoms with Gasteiger partial charge in [0.1, 0.15) is 0 Å². The third kappa shape index (κ3) is 4.54. The molecule has 30 heavy (non-hydrogen) atoms. The zero-order valence-corrected chi connectivity index (χ0v) is 15.4. The predicted octanol–water partition coefficient (Wildman–Crippen LogP) is 3.05. The van der Waals surface area contributed by atoms with Gasteiger partial charge in [-0.2, -0.15) is 5.10 Å². The van der Waals surface area contributed by atoms with Crippen LogP contribution < -0.4 is 14.8 Å². The summed E-state index contributed by atoms with van der Waals surface area (Å²) in [5.74, 6) is -1.71. The lowest BCUT2D eigenvalue weighted by Gasteiger charge is -2.06. The molecule has 0 atom stereocenters. The highest BCUT2D eigenvalue weighted by molar-refractivity contribution is 5.95. The Bertz CT molecular complexity index is 1090. The molecule has 0 unspecified atom stereocenters. The van der Waals surface area contributed by atoms with Crippen molar-refractivity contribution >= 4 is 17.6 Å². The van der Waals surface area contributed by atoms with Crippen molar-refractivity contribution < 1.29 is 32.6 Å². The summed E-state index contributed by atoms with van der Waals surface area (Å²) in [5.41, 5.74) is 1.40. The van der Waals surface area contributed by atoms with Crippen LogP contribution in [0.4, 0.5) is 14.5 Å². The monoisotopic (exact) mass is 415 g/mol. The molecule has 4 rings (SSSR count). The van der Waals surface area contributed by atoms with Crippen molar-refractivity contribution in [2.45, 2.75) is 12.8 Å². The van der Waals surface area contributed by atoms with Gasteiger partial charge in [-0.15, -0.1) is 8.78 Å². The molecule has 3 aromatic rings. The average molecular weight is 415 g/mol. The Kier molecular flexibility index (Phi) is 5.05. The van der Waals surface area contributed by atoms with Gasteiger partial charge in [-0.1, -0.05) is 30.3 Å². The van der Waals surface area contributed by atoms with Gasteiger partial charge in [-0.25, -0.2) is 4.79 Å². The fourth-order valence-electron chi connectivity index (χ4n) is 2.76. The molecule has 1 N–H and O–H groups in total. The summed E-state index contributed by atoms with van der Waals surface area (Å²) in [6.07, 6.45) is -0.877. The van der Waals surface area contributed by atoms with E-state index in [1.165, 1.54) is 30.6 Å². The molecule has 0 saturated heterocycles. The average Bonchev–Trinajstić information content (AvgIpc) is 3.29. The highest BCUT2D eigenvalue weighted by atomic mass is 19.3. The summed E-state index contributed by atoms with van der Waals surface area (Å²) >= 11 is 0. The third-order valence-electron chi connectivity index (χ3n) is 4.08. The standard InChI is InChI=1S/C20H15F2N3O5/c21-20(22)29-16-7-6-15(8-17(16)30-20)24-18(26)12-28-19(27)14-9-23-25(11-14)10-13-4-2-1-3-5-13/h1-9,11H,10,12H2,(H,24,26). The van der Waals surface area contributed by atoms with Crippen molar-refractivity contribution in [3.8, 4) is 11.5 Å². The van der Waals surface area contributed by atoms with Crippen molar-refractivity contribution in [3.63, 3.8) is 0 Å². The third-order valence-corrected chi connectivity index (χ3v) is 4.08. The molecule has 0 bridgehead atoms. The van der Waals surface area contributed by atoms with Crippen molar-refractivity contribution in [1.82, 2.24) is 9.78 Å². The van der Waals surface area contributed by atoms with Crippen LogP contribution in [0.5, 0.6) is 11.5 Å². The van der Waals surface area contributed by atoms with Crippen LogP contribution in [0.25, 0.3) is 0 Å². The number of hydrogen-bond donors (Lipinski definition) is 1. The van der Waals surface area contributed by atoms with Crippen LogP contribution in [-0.4, -0.2) is 34.6 Å². The summed E-state index contributed by atoms with van der Waals surface area (Å²) in [7, 11) is 0. The number of ether oxygens (including phenoxy) is 3. The molecule has 1 aromatic heterocycles. The van der Waals surface area contributed by atoms with Gasteiger partial charge < -0.3 is 19.5 Å². The highest BCUT2D eigenvalue weighted by Crippen LogP contribution is 2.42. The Morgan fingerprint density at radius 1 is 1.10 bits per heavy atom. The molecule has 0 radical (unpaired) electrons. The van der Waals surface area contributed by atoms with Gasteiger partial charge in [0.25, 0.3) is 5.91 Å². The Hall–Kier alpha value is -3.95. The number of halogens is 2. The maximum absolute atomic E-state index is 13.0. The molecule has 1 aliphatic rings. The van der Waals surface area contributed by atoms with E-state index in [1.807, 2.05) is 30.3 Å². The number of alkyl halides is 2. The Balaban J connectivity index is 1.29. The number of aromatic nitrogens is 2. The van der Waals surface area contributed by atoms with Crippen molar-refractivity contribution in [2.75, 3.05) is 11.9 Å². The van der Waals surface area contributed by atoms with Crippen LogP contribution in [0, 0.1) is 0 Å². The molecule has 0 fully saturated rings. The summed E-state index contributed by atoms with van der Waals surface area (Å²) < 4.78 is 41.2. The summed E-state index contributed by atoms with van der Waals surface area (Å²) in [5, 5.41) is 6.53. The van der Waals surface area contributed by atoms with Crippen LogP contribution >= 0.6 is 0 Å². The van der Waals surface area contributed by atoms with Crippen LogP contribution in [0.3, 0.4) is 0 Å². The molecule has 0 spiro atoms. The lowest BCUT2D eigenvalue weighted by atomic mass is 10.2. The number of nitrogens with zero attached hydrogens (tertiary/aromatic N) is 2. The summed E-state index contributed by atoms with van der Waals surface area (Å²) in [6.45, 7) is -0.0783. The van der Waals surface area contributed by atoms with Crippen LogP contribution in [-0.2, 0) is 16.1 Å². The predicted molar refractivity (Wildman–Crippen MR) is 99.3 cm³/mol. The molecule has 8 nitrogen and oxygen atoms in total. The molecule has 0 aliphatic carbocycles. The molecular weight excluding hydrogens is 400 g/mol. The normalized spacial score (nSPS) is 13.7. The minimum absolute atomic E-state index is 0.142. The van der Waals surface area contributed by atoms with Crippen LogP contribution in [0.1, 0.15) is 15.9 Å². The first-order chi connectivity index (χ1) is 14.4. The molecular formula is C20H15F2N3O5. The minimum atomic E-state index is -3.74. The van der Waals surface area contributed by atoms with Crippen molar-refractivity contribution in [1.29, 1.82) is 0 Å². The maximum atomic E-state index is 13.0. The van der Waals surface area contributed by atoms with Gasteiger partial charge in [0, 0.05) is 18.0 Å². The van der Waals surface area contributed by atoms with E-state index >= 15 is 0 Å². The summed E-state index contributed by atoms with van der Waals surface area (Å²) in [4.78, 5) is 24.1. The zero-order valence-electron chi connectivity index (χ0n) is 15.4. The smallest absolute Gasteiger partial charge is 0.452 e. The lowest BCUT2D eigenvalue weighted by Crippen LogP contribution is -2.25. The number of carbonyl (C=O) groups is 2. The van der Waals surface area contributed by atoms with Crippen LogP contribution in [0.15, 0.2) is 60.9 Å². The first-order valence-electron chi connectivity index (χ1n) is 8.81. The SMILES string of the molecule is O=C(COC(=O)c1cnn(Cc2ccccc2)c1)Nc1ccc2c(c1)OC(F)(F)O2. The number of fused-ring (bicyclic) bond motifs is 1. The molecule has 1 amide bonds. The van der Waals surface area contributed by atoms with Gasteiger partial charge in [-0.3, -0.25) is 9.48 Å². The fraction of sp³-hybridized carbons (Fsp3) is 0.150. The fourth-order valence-corrected chi connectivity index (χ4v) is 2.76. The van der Waals surface area contributed by atoms with E-state index in [9.17, 15) is 18.4 Å². The van der Waals surface area contributed by atoms with E-state index in [-0.39, 0.29) is 22.7 Å². The first kappa shape index (κ1) is 19.4. The van der Waals surface area contributed by atoms with Gasteiger partial charge in [0.15, 0.2) is 18.1 Å². The second-order valence-corrected chi connectivity index (χ2v) is 6.37. The lowest BCUT2D eigenvalue weighted by molar-refractivity contribution is -0.286. The molecule has 10 heteroatoms. The van der Waals surface area contributed by atoms with E-state index in [0.29, 0.717) is 6.54 Å². The molecule has 154 valence electrons. The molecule has 2 heterocycles. The molecule has 0 saturated carbocycles. The Morgan fingerprint density at radius 2 is 1.87 bits per heavy atom. The Labute approximate surface area is 169 Å². The maximum Gasteiger partial charge on any atom is 0.586 e. The Morgan fingerprint density at radius 3 is 2.67 bits per heavy atom. The topological polar surface area (TPSA) is 91.7 Å². The second-order valence-electron chi connectivity index (χ2n) is 6.37. The van der Waals surface area contributed by atoms with Crippen molar-refractivity contribution in [3.05, 3.63) is 72.1 Å². The van der Waals surface area contributed by atoms with Crippen molar-refractivity contribution in [2.24, 2.45) is 0 Å². The second kappa shape index (κ2) is 7.82. The number of carbonyl (C=O) groups excluding carboxylic acids is 2. The van der Waals surface area contributed by atoms with E-state index in [1.54, 1.807) is 4.68 Å². The molecule has 1 aliphatic heterocycles. The van der Waals surface area contributed by atoms with E-state index in [4.69, 9.17) is 4.74 Å². The minimum Gasteiger partial charge on any atom is -0.452 e. The van der Waals surface area contributed by atoms with Gasteiger partial charge in [-0.05, 0) is 17.7 Å². The van der Waals surface area contributed by atoms with E-state index in [0.717, 1.165) is 5.56 Å². The number of benzene rings is 2. The van der Waals surface area contributed by atoms with Gasteiger partial charge in [0.05, 0.1) is 18.3 Å². The summed E-state index contributed by atoms with van der Waals surface area (Å²) in [6, 6.07) is 13.3. The first-order valence-corrected chi connectivity index (χ1v) is 8.81. The number of rotatable bonds is 6. The number of anilines is 1. The molecule has 2 aromatic carbocycles. The zero-order chi connectivity index (χ0) is 21.1. The number of amides is 1. The number of esters is 1. The highest BCUT2D eigenvalue weighted by Gasteiger charge is 2.43. The van der Waals surface area contributed by atoms with E-state index < -0.39 is 24.8 Å². The number of nitrogens with one attached hydrogen (secondary N) is 1. The number of hydrogen-bond acceptors (Lipinski definition) is 6. The van der Waals surface area contributed by atoms with E-state index in [2.05, 4.69) is 19.9 Å².